The van der Waals surface area contributed by atoms with Crippen molar-refractivity contribution in [1.82, 2.24) is 14.3 Å². The molecule has 2 aliphatic heterocycles. The second kappa shape index (κ2) is 6.63. The molecule has 0 aliphatic carbocycles. The summed E-state index contributed by atoms with van der Waals surface area (Å²) in [5.74, 6) is 0. The fraction of sp³-hybridized carbons (Fsp3) is 0.818. The lowest BCUT2D eigenvalue weighted by atomic mass is 10.1. The van der Waals surface area contributed by atoms with Crippen LogP contribution in [0.4, 0.5) is 0 Å². The van der Waals surface area contributed by atoms with Gasteiger partial charge < -0.3 is 10.1 Å². The summed E-state index contributed by atoms with van der Waals surface area (Å²) in [5.41, 5.74) is 1.33. The van der Waals surface area contributed by atoms with Gasteiger partial charge in [0.15, 0.2) is 0 Å². The molecule has 104 valence electrons. The summed E-state index contributed by atoms with van der Waals surface area (Å²) in [7, 11) is -3.32. The minimum atomic E-state index is -3.32. The van der Waals surface area contributed by atoms with Gasteiger partial charge in [-0.2, -0.15) is 12.7 Å². The van der Waals surface area contributed by atoms with Crippen molar-refractivity contribution in [3.63, 3.8) is 0 Å². The molecule has 1 saturated heterocycles. The lowest BCUT2D eigenvalue weighted by molar-refractivity contribution is 0.0725. The van der Waals surface area contributed by atoms with Gasteiger partial charge in [-0.3, -0.25) is 0 Å². The summed E-state index contributed by atoms with van der Waals surface area (Å²) in [5, 5.41) is 3.24. The van der Waals surface area contributed by atoms with Crippen molar-refractivity contribution < 1.29 is 13.2 Å². The van der Waals surface area contributed by atoms with Gasteiger partial charge in [-0.05, 0) is 19.4 Å². The normalized spacial score (nSPS) is 22.8. The van der Waals surface area contributed by atoms with Gasteiger partial charge in [0.1, 0.15) is 0 Å². The largest absolute Gasteiger partial charge is 0.379 e. The SMILES string of the molecule is O=S(=O)(NCCC1=CCNCC1)N1CCOCC1. The molecular weight excluding hydrogens is 254 g/mol. The van der Waals surface area contributed by atoms with Gasteiger partial charge >= 0.3 is 0 Å². The molecule has 0 unspecified atom stereocenters. The summed E-state index contributed by atoms with van der Waals surface area (Å²) < 4.78 is 33.2. The Morgan fingerprint density at radius 2 is 2.17 bits per heavy atom. The molecule has 1 fully saturated rings. The number of morpholine rings is 1. The first-order valence-corrected chi connectivity index (χ1v) is 7.83. The average molecular weight is 275 g/mol. The molecule has 0 bridgehead atoms. The van der Waals surface area contributed by atoms with Crippen molar-refractivity contribution in [3.05, 3.63) is 11.6 Å². The Morgan fingerprint density at radius 1 is 1.39 bits per heavy atom. The van der Waals surface area contributed by atoms with Gasteiger partial charge in [0.2, 0.25) is 0 Å². The Balaban J connectivity index is 1.76. The molecule has 0 aromatic carbocycles. The Hall–Kier alpha value is -0.470. The number of nitrogens with zero attached hydrogens (tertiary/aromatic N) is 1. The third-order valence-corrected chi connectivity index (χ3v) is 4.81. The maximum atomic E-state index is 12.0. The van der Waals surface area contributed by atoms with Crippen LogP contribution in [0.1, 0.15) is 12.8 Å². The average Bonchev–Trinajstić information content (AvgIpc) is 2.41. The van der Waals surface area contributed by atoms with Crippen molar-refractivity contribution in [2.24, 2.45) is 0 Å². The Kier molecular flexibility index (Phi) is 5.13. The van der Waals surface area contributed by atoms with Gasteiger partial charge in [0, 0.05) is 26.2 Å². The van der Waals surface area contributed by atoms with E-state index in [9.17, 15) is 8.42 Å². The zero-order valence-electron chi connectivity index (χ0n) is 10.5. The van der Waals surface area contributed by atoms with E-state index in [0.29, 0.717) is 32.8 Å². The number of hydrogen-bond donors (Lipinski definition) is 2. The molecule has 0 radical (unpaired) electrons. The van der Waals surface area contributed by atoms with Crippen molar-refractivity contribution in [1.29, 1.82) is 0 Å². The highest BCUT2D eigenvalue weighted by molar-refractivity contribution is 7.87. The van der Waals surface area contributed by atoms with E-state index in [2.05, 4.69) is 16.1 Å². The first-order valence-electron chi connectivity index (χ1n) is 6.39. The number of rotatable bonds is 5. The lowest BCUT2D eigenvalue weighted by Crippen LogP contribution is -2.46. The predicted molar refractivity (Wildman–Crippen MR) is 69.5 cm³/mol. The van der Waals surface area contributed by atoms with E-state index < -0.39 is 10.2 Å². The van der Waals surface area contributed by atoms with Crippen LogP contribution < -0.4 is 10.0 Å². The molecule has 7 heteroatoms. The van der Waals surface area contributed by atoms with Crippen LogP contribution in [0.25, 0.3) is 0 Å². The van der Waals surface area contributed by atoms with Gasteiger partial charge in [-0.25, -0.2) is 4.72 Å². The van der Waals surface area contributed by atoms with E-state index in [0.717, 1.165) is 25.9 Å². The maximum absolute atomic E-state index is 12.0. The quantitative estimate of drug-likeness (QED) is 0.661. The fourth-order valence-electron chi connectivity index (χ4n) is 2.12. The molecule has 0 saturated carbocycles. The summed E-state index contributed by atoms with van der Waals surface area (Å²) >= 11 is 0. The summed E-state index contributed by atoms with van der Waals surface area (Å²) in [6.07, 6.45) is 3.96. The second-order valence-corrected chi connectivity index (χ2v) is 6.23. The minimum absolute atomic E-state index is 0.446. The number of ether oxygens (including phenoxy) is 1. The molecule has 0 atom stereocenters. The zero-order valence-corrected chi connectivity index (χ0v) is 11.3. The Labute approximate surface area is 109 Å². The molecule has 0 aromatic heterocycles. The highest BCUT2D eigenvalue weighted by Crippen LogP contribution is 2.09. The third-order valence-electron chi connectivity index (χ3n) is 3.20. The van der Waals surface area contributed by atoms with E-state index in [1.54, 1.807) is 0 Å². The van der Waals surface area contributed by atoms with Gasteiger partial charge in [-0.15, -0.1) is 0 Å². The van der Waals surface area contributed by atoms with Crippen LogP contribution in [0.3, 0.4) is 0 Å². The number of hydrogen-bond acceptors (Lipinski definition) is 4. The first kappa shape index (κ1) is 14.0. The van der Waals surface area contributed by atoms with E-state index in [-0.39, 0.29) is 0 Å². The zero-order chi connectivity index (χ0) is 12.8. The molecule has 6 nitrogen and oxygen atoms in total. The van der Waals surface area contributed by atoms with Crippen molar-refractivity contribution in [2.75, 3.05) is 45.9 Å². The molecular formula is C11H21N3O3S. The monoisotopic (exact) mass is 275 g/mol. The van der Waals surface area contributed by atoms with Crippen molar-refractivity contribution in [3.8, 4) is 0 Å². The van der Waals surface area contributed by atoms with Crippen LogP contribution in [-0.2, 0) is 14.9 Å². The van der Waals surface area contributed by atoms with E-state index >= 15 is 0 Å². The van der Waals surface area contributed by atoms with Gasteiger partial charge in [-0.1, -0.05) is 11.6 Å². The van der Waals surface area contributed by atoms with Gasteiger partial charge in [0.05, 0.1) is 13.2 Å². The van der Waals surface area contributed by atoms with Crippen LogP contribution >= 0.6 is 0 Å². The Morgan fingerprint density at radius 3 is 2.83 bits per heavy atom. The van der Waals surface area contributed by atoms with Crippen LogP contribution in [-0.4, -0.2) is 58.7 Å². The second-order valence-electron chi connectivity index (χ2n) is 4.48. The summed E-state index contributed by atoms with van der Waals surface area (Å²) in [6.45, 7) is 4.22. The lowest BCUT2D eigenvalue weighted by Gasteiger charge is -2.26. The smallest absolute Gasteiger partial charge is 0.279 e. The molecule has 2 rings (SSSR count). The third kappa shape index (κ3) is 4.03. The molecule has 2 N–H and O–H groups in total. The van der Waals surface area contributed by atoms with Gasteiger partial charge in [0.25, 0.3) is 10.2 Å². The highest BCUT2D eigenvalue weighted by atomic mass is 32.2. The van der Waals surface area contributed by atoms with E-state index in [1.807, 2.05) is 0 Å². The number of nitrogens with one attached hydrogen (secondary N) is 2. The van der Waals surface area contributed by atoms with Crippen LogP contribution in [0.5, 0.6) is 0 Å². The predicted octanol–water partition coefficient (Wildman–Crippen LogP) is -0.537. The van der Waals surface area contributed by atoms with E-state index in [4.69, 9.17) is 4.74 Å². The van der Waals surface area contributed by atoms with E-state index in [1.165, 1.54) is 9.88 Å². The van der Waals surface area contributed by atoms with Crippen LogP contribution in [0, 0.1) is 0 Å². The fourth-order valence-corrected chi connectivity index (χ4v) is 3.29. The van der Waals surface area contributed by atoms with Crippen LogP contribution in [0.2, 0.25) is 0 Å². The molecule has 2 aliphatic rings. The summed E-state index contributed by atoms with van der Waals surface area (Å²) in [4.78, 5) is 0. The molecule has 2 heterocycles. The topological polar surface area (TPSA) is 70.7 Å². The minimum Gasteiger partial charge on any atom is -0.379 e. The van der Waals surface area contributed by atoms with Crippen molar-refractivity contribution >= 4 is 10.2 Å². The van der Waals surface area contributed by atoms with Crippen molar-refractivity contribution in [2.45, 2.75) is 12.8 Å². The first-order chi connectivity index (χ1) is 8.68. The van der Waals surface area contributed by atoms with Crippen LogP contribution in [0.15, 0.2) is 11.6 Å². The standard InChI is InChI=1S/C11H21N3O3S/c15-18(16,14-7-9-17-10-8-14)13-6-3-11-1-4-12-5-2-11/h1,12-13H,2-10H2. The highest BCUT2D eigenvalue weighted by Gasteiger charge is 2.23. The molecule has 0 spiro atoms. The molecule has 0 aromatic rings. The Bertz CT molecular complexity index is 388. The molecule has 0 amide bonds. The molecule has 18 heavy (non-hydrogen) atoms. The maximum Gasteiger partial charge on any atom is 0.279 e. The summed E-state index contributed by atoms with van der Waals surface area (Å²) in [6, 6.07) is 0.